The third-order valence-electron chi connectivity index (χ3n) is 4.44. The van der Waals surface area contributed by atoms with E-state index in [4.69, 9.17) is 0 Å². The molecule has 2 aliphatic rings. The van der Waals surface area contributed by atoms with Crippen molar-refractivity contribution in [2.75, 3.05) is 19.6 Å². The molecular formula is C15H24N2S. The first-order valence-electron chi connectivity index (χ1n) is 7.33. The molecule has 1 aromatic heterocycles. The smallest absolute Gasteiger partial charge is 0.0223 e. The summed E-state index contributed by atoms with van der Waals surface area (Å²) in [6.07, 6.45) is 5.42. The van der Waals surface area contributed by atoms with Crippen molar-refractivity contribution in [3.63, 3.8) is 0 Å². The number of rotatable bonds is 4. The molecule has 0 bridgehead atoms. The average molecular weight is 264 g/mol. The molecule has 2 nitrogen and oxygen atoms in total. The summed E-state index contributed by atoms with van der Waals surface area (Å²) in [6, 6.07) is 5.93. The molecule has 2 heterocycles. The summed E-state index contributed by atoms with van der Waals surface area (Å²) >= 11 is 1.90. The zero-order chi connectivity index (χ0) is 12.4. The Kier molecular flexibility index (Phi) is 4.02. The van der Waals surface area contributed by atoms with E-state index in [0.29, 0.717) is 0 Å². The third-order valence-corrected chi connectivity index (χ3v) is 5.38. The largest absolute Gasteiger partial charge is 0.312 e. The topological polar surface area (TPSA) is 15.3 Å². The quantitative estimate of drug-likeness (QED) is 0.899. The van der Waals surface area contributed by atoms with E-state index in [-0.39, 0.29) is 0 Å². The fourth-order valence-corrected chi connectivity index (χ4v) is 3.69. The van der Waals surface area contributed by atoms with Crippen LogP contribution in [0.2, 0.25) is 0 Å². The van der Waals surface area contributed by atoms with Gasteiger partial charge in [-0.2, -0.15) is 0 Å². The number of nitrogens with one attached hydrogen (secondary N) is 1. The van der Waals surface area contributed by atoms with Crippen LogP contribution in [0, 0.1) is 5.92 Å². The standard InChI is InChI=1S/C15H24N2S/c1-12-6-8-16-15(13-4-5-13)11-17(12)9-7-14-3-2-10-18-14/h2-3,10,12-13,15-16H,4-9,11H2,1H3. The molecule has 1 N–H and O–H groups in total. The first-order chi connectivity index (χ1) is 8.83. The zero-order valence-corrected chi connectivity index (χ0v) is 12.1. The Bertz CT molecular complexity index is 359. The van der Waals surface area contributed by atoms with Gasteiger partial charge in [0.25, 0.3) is 0 Å². The Morgan fingerprint density at radius 1 is 1.39 bits per heavy atom. The van der Waals surface area contributed by atoms with Gasteiger partial charge in [-0.25, -0.2) is 0 Å². The number of hydrogen-bond donors (Lipinski definition) is 1. The van der Waals surface area contributed by atoms with Gasteiger partial charge in [0.1, 0.15) is 0 Å². The van der Waals surface area contributed by atoms with E-state index in [1.807, 2.05) is 11.3 Å². The molecule has 0 spiro atoms. The molecule has 2 unspecified atom stereocenters. The van der Waals surface area contributed by atoms with Crippen LogP contribution in [0.3, 0.4) is 0 Å². The molecule has 100 valence electrons. The average Bonchev–Trinajstić information content (AvgIpc) is 3.11. The van der Waals surface area contributed by atoms with Crippen molar-refractivity contribution in [3.8, 4) is 0 Å². The summed E-state index contributed by atoms with van der Waals surface area (Å²) in [5, 5.41) is 5.95. The van der Waals surface area contributed by atoms with Crippen LogP contribution < -0.4 is 5.32 Å². The molecule has 2 fully saturated rings. The zero-order valence-electron chi connectivity index (χ0n) is 11.3. The maximum atomic E-state index is 3.76. The summed E-state index contributed by atoms with van der Waals surface area (Å²) in [4.78, 5) is 4.24. The minimum absolute atomic E-state index is 0.737. The van der Waals surface area contributed by atoms with Gasteiger partial charge in [-0.05, 0) is 56.5 Å². The first-order valence-corrected chi connectivity index (χ1v) is 8.20. The van der Waals surface area contributed by atoms with Gasteiger partial charge in [0, 0.05) is 30.1 Å². The summed E-state index contributed by atoms with van der Waals surface area (Å²) in [6.45, 7) is 6.09. The fraction of sp³-hybridized carbons (Fsp3) is 0.733. The lowest BCUT2D eigenvalue weighted by molar-refractivity contribution is 0.202. The van der Waals surface area contributed by atoms with Crippen LogP contribution in [0.4, 0.5) is 0 Å². The van der Waals surface area contributed by atoms with Crippen molar-refractivity contribution in [3.05, 3.63) is 22.4 Å². The van der Waals surface area contributed by atoms with Gasteiger partial charge in [0.15, 0.2) is 0 Å². The van der Waals surface area contributed by atoms with Crippen LogP contribution in [0.5, 0.6) is 0 Å². The van der Waals surface area contributed by atoms with Gasteiger partial charge >= 0.3 is 0 Å². The van der Waals surface area contributed by atoms with Crippen LogP contribution in [-0.2, 0) is 6.42 Å². The SMILES string of the molecule is CC1CCNC(C2CC2)CN1CCc1cccs1. The Morgan fingerprint density at radius 3 is 3.00 bits per heavy atom. The van der Waals surface area contributed by atoms with Gasteiger partial charge < -0.3 is 5.32 Å². The Morgan fingerprint density at radius 2 is 2.28 bits per heavy atom. The van der Waals surface area contributed by atoms with E-state index in [2.05, 4.69) is 34.7 Å². The molecular weight excluding hydrogens is 240 g/mol. The molecule has 0 radical (unpaired) electrons. The van der Waals surface area contributed by atoms with Crippen molar-refractivity contribution >= 4 is 11.3 Å². The molecule has 0 amide bonds. The molecule has 18 heavy (non-hydrogen) atoms. The van der Waals surface area contributed by atoms with Crippen molar-refractivity contribution < 1.29 is 0 Å². The van der Waals surface area contributed by atoms with E-state index in [0.717, 1.165) is 18.0 Å². The van der Waals surface area contributed by atoms with E-state index >= 15 is 0 Å². The molecule has 1 aromatic rings. The summed E-state index contributed by atoms with van der Waals surface area (Å²) in [5.74, 6) is 0.972. The van der Waals surface area contributed by atoms with Crippen LogP contribution in [0.1, 0.15) is 31.1 Å². The Balaban J connectivity index is 1.56. The number of hydrogen-bond acceptors (Lipinski definition) is 3. The number of thiophene rings is 1. The Labute approximate surface area is 114 Å². The molecule has 3 heteroatoms. The van der Waals surface area contributed by atoms with E-state index in [1.165, 1.54) is 50.2 Å². The monoisotopic (exact) mass is 264 g/mol. The summed E-state index contributed by atoms with van der Waals surface area (Å²) < 4.78 is 0. The van der Waals surface area contributed by atoms with Crippen LogP contribution in [0.25, 0.3) is 0 Å². The van der Waals surface area contributed by atoms with E-state index in [9.17, 15) is 0 Å². The fourth-order valence-electron chi connectivity index (χ4n) is 2.99. The molecule has 2 atom stereocenters. The van der Waals surface area contributed by atoms with Crippen LogP contribution in [0.15, 0.2) is 17.5 Å². The highest BCUT2D eigenvalue weighted by molar-refractivity contribution is 7.09. The second-order valence-corrected chi connectivity index (χ2v) is 6.89. The number of nitrogens with zero attached hydrogens (tertiary/aromatic N) is 1. The van der Waals surface area contributed by atoms with Gasteiger partial charge in [0.2, 0.25) is 0 Å². The predicted molar refractivity (Wildman–Crippen MR) is 78.2 cm³/mol. The molecule has 3 rings (SSSR count). The lowest BCUT2D eigenvalue weighted by Crippen LogP contribution is -2.42. The highest BCUT2D eigenvalue weighted by atomic mass is 32.1. The summed E-state index contributed by atoms with van der Waals surface area (Å²) in [5.41, 5.74) is 0. The van der Waals surface area contributed by atoms with Crippen molar-refractivity contribution in [1.29, 1.82) is 0 Å². The molecule has 1 aliphatic carbocycles. The molecule has 0 aromatic carbocycles. The van der Waals surface area contributed by atoms with Gasteiger partial charge in [0.05, 0.1) is 0 Å². The van der Waals surface area contributed by atoms with Gasteiger partial charge in [-0.15, -0.1) is 11.3 Å². The molecule has 1 saturated heterocycles. The van der Waals surface area contributed by atoms with Crippen LogP contribution in [-0.4, -0.2) is 36.6 Å². The molecule has 1 aliphatic heterocycles. The minimum atomic E-state index is 0.737. The third kappa shape index (κ3) is 3.14. The van der Waals surface area contributed by atoms with Crippen molar-refractivity contribution in [1.82, 2.24) is 10.2 Å². The van der Waals surface area contributed by atoms with Crippen molar-refractivity contribution in [2.45, 2.75) is 44.7 Å². The first kappa shape index (κ1) is 12.6. The lowest BCUT2D eigenvalue weighted by Gasteiger charge is -2.29. The normalized spacial score (nSPS) is 30.3. The predicted octanol–water partition coefficient (Wildman–Crippen LogP) is 2.75. The minimum Gasteiger partial charge on any atom is -0.312 e. The highest BCUT2D eigenvalue weighted by Gasteiger charge is 2.34. The van der Waals surface area contributed by atoms with Gasteiger partial charge in [-0.3, -0.25) is 4.90 Å². The summed E-state index contributed by atoms with van der Waals surface area (Å²) in [7, 11) is 0. The van der Waals surface area contributed by atoms with E-state index < -0.39 is 0 Å². The maximum absolute atomic E-state index is 3.76. The maximum Gasteiger partial charge on any atom is 0.0223 e. The van der Waals surface area contributed by atoms with Crippen LogP contribution >= 0.6 is 11.3 Å². The van der Waals surface area contributed by atoms with E-state index in [1.54, 1.807) is 0 Å². The lowest BCUT2D eigenvalue weighted by atomic mass is 10.1. The highest BCUT2D eigenvalue weighted by Crippen LogP contribution is 2.34. The second-order valence-electron chi connectivity index (χ2n) is 5.86. The Hall–Kier alpha value is -0.380. The molecule has 1 saturated carbocycles. The van der Waals surface area contributed by atoms with Crippen molar-refractivity contribution in [2.24, 2.45) is 5.92 Å². The van der Waals surface area contributed by atoms with Gasteiger partial charge in [-0.1, -0.05) is 6.07 Å². The second kappa shape index (κ2) is 5.72.